The summed E-state index contributed by atoms with van der Waals surface area (Å²) in [5.41, 5.74) is 6.60. The van der Waals surface area contributed by atoms with E-state index in [1.165, 1.54) is 41.2 Å². The van der Waals surface area contributed by atoms with Crippen molar-refractivity contribution in [1.29, 1.82) is 0 Å². The monoisotopic (exact) mass is 1140 g/mol. The first kappa shape index (κ1) is 62.5. The fourth-order valence-corrected chi connectivity index (χ4v) is 8.86. The summed E-state index contributed by atoms with van der Waals surface area (Å²) in [6.07, 6.45) is 0.863. The molecule has 0 saturated heterocycles. The molecule has 1 aliphatic rings. The molecular weight excluding hydrogens is 1060 g/mol. The van der Waals surface area contributed by atoms with E-state index in [1.54, 1.807) is 62.2 Å². The number of nitrogens with two attached hydrogens (primary N) is 2. The van der Waals surface area contributed by atoms with Gasteiger partial charge < -0.3 is 65.2 Å². The number of nitrogens with one attached hydrogen (secondary N) is 5. The number of carbonyl (C=O) groups is 5. The summed E-state index contributed by atoms with van der Waals surface area (Å²) in [6, 6.07) is 10.7. The summed E-state index contributed by atoms with van der Waals surface area (Å²) < 4.78 is 64.5. The van der Waals surface area contributed by atoms with Crippen LogP contribution in [-0.2, 0) is 61.3 Å². The predicted octanol–water partition coefficient (Wildman–Crippen LogP) is 2.63. The molecule has 9 N–H and O–H groups in total. The van der Waals surface area contributed by atoms with Gasteiger partial charge in [-0.3, -0.25) is 28.8 Å². The van der Waals surface area contributed by atoms with Crippen molar-refractivity contribution in [3.05, 3.63) is 112 Å². The first-order valence-electron chi connectivity index (χ1n) is 26.2. The van der Waals surface area contributed by atoms with E-state index in [9.17, 15) is 33.2 Å². The van der Waals surface area contributed by atoms with Gasteiger partial charge in [-0.2, -0.15) is 10.2 Å². The topological polar surface area (TPSA) is 333 Å². The van der Waals surface area contributed by atoms with Crippen molar-refractivity contribution in [2.45, 2.75) is 63.8 Å². The van der Waals surface area contributed by atoms with Gasteiger partial charge >= 0.3 is 12.1 Å². The minimum atomic E-state index is -1.12. The Morgan fingerprint density at radius 2 is 1.51 bits per heavy atom. The number of aromatic nitrogens is 5. The van der Waals surface area contributed by atoms with E-state index < -0.39 is 71.1 Å². The molecule has 3 heterocycles. The maximum atomic E-state index is 15.6. The molecule has 0 fully saturated rings. The third kappa shape index (κ3) is 18.4. The van der Waals surface area contributed by atoms with Crippen LogP contribution < -0.4 is 43.4 Å². The normalized spacial score (nSPS) is 14.6. The molecule has 2 aromatic heterocycles. The Kier molecular flexibility index (Phi) is 24.6. The zero-order valence-electron chi connectivity index (χ0n) is 45.7. The molecule has 4 atom stereocenters. The van der Waals surface area contributed by atoms with E-state index in [1.807, 2.05) is 0 Å². The summed E-state index contributed by atoms with van der Waals surface area (Å²) >= 11 is 0. The summed E-state index contributed by atoms with van der Waals surface area (Å²) in [5.74, 6) is 1.31. The number of primary amides is 1. The SMILES string of the molecule is COCCN(CN1c2cc(F)cc3c(=O)[nH]nc(c23)[C@H](c2ncnn2C)[C@H]1c1ccc(F)cc1)C(=O)OCc1ccc(NC(=O)[C@H](CCCNC(N)=O)NC(=O)[C@@H](NC(=O)CCOCCOCCOCCOCCON)C(C)C)cc1. The van der Waals surface area contributed by atoms with Gasteiger partial charge in [0.15, 0.2) is 0 Å². The van der Waals surface area contributed by atoms with Gasteiger partial charge in [0, 0.05) is 44.7 Å². The highest BCUT2D eigenvalue weighted by atomic mass is 19.1. The summed E-state index contributed by atoms with van der Waals surface area (Å²) in [4.78, 5) is 91.4. The van der Waals surface area contributed by atoms with E-state index in [0.717, 1.165) is 6.07 Å². The molecular formula is C53H71F2N13O13. The highest BCUT2D eigenvalue weighted by Crippen LogP contribution is 2.50. The third-order valence-corrected chi connectivity index (χ3v) is 12.9. The molecule has 26 nitrogen and oxygen atoms in total. The highest BCUT2D eigenvalue weighted by Gasteiger charge is 2.43. The van der Waals surface area contributed by atoms with Gasteiger partial charge in [0.25, 0.3) is 5.56 Å². The van der Waals surface area contributed by atoms with Gasteiger partial charge in [0.05, 0.1) is 101 Å². The maximum absolute atomic E-state index is 15.6. The van der Waals surface area contributed by atoms with E-state index in [4.69, 9.17) is 40.1 Å². The Morgan fingerprint density at radius 3 is 2.12 bits per heavy atom. The molecule has 81 heavy (non-hydrogen) atoms. The average Bonchev–Trinajstić information content (AvgIpc) is 3.65. The largest absolute Gasteiger partial charge is 0.445 e. The van der Waals surface area contributed by atoms with Crippen molar-refractivity contribution >= 4 is 52.0 Å². The molecule has 0 bridgehead atoms. The Labute approximate surface area is 465 Å². The lowest BCUT2D eigenvalue weighted by Gasteiger charge is -2.44. The van der Waals surface area contributed by atoms with Crippen molar-refractivity contribution < 1.29 is 66.0 Å². The number of halogens is 2. The third-order valence-electron chi connectivity index (χ3n) is 12.9. The Hall–Kier alpha value is -7.73. The molecule has 0 spiro atoms. The van der Waals surface area contributed by atoms with Crippen molar-refractivity contribution in [2.75, 3.05) is 103 Å². The molecule has 0 aliphatic carbocycles. The van der Waals surface area contributed by atoms with E-state index in [-0.39, 0.29) is 89.0 Å². The van der Waals surface area contributed by atoms with E-state index in [0.29, 0.717) is 73.4 Å². The molecule has 5 aromatic rings. The molecule has 6 rings (SSSR count). The summed E-state index contributed by atoms with van der Waals surface area (Å²) in [7, 11) is 3.14. The molecule has 1 aliphatic heterocycles. The number of hydrogen-bond acceptors (Lipinski definition) is 18. The van der Waals surface area contributed by atoms with Crippen LogP contribution in [-0.4, -0.2) is 165 Å². The van der Waals surface area contributed by atoms with Crippen LogP contribution in [0.2, 0.25) is 0 Å². The summed E-state index contributed by atoms with van der Waals surface area (Å²) in [6.45, 7) is 5.93. The molecule has 6 amide bonds. The Bertz CT molecular complexity index is 2900. The van der Waals surface area contributed by atoms with Crippen molar-refractivity contribution in [3.63, 3.8) is 0 Å². The zero-order valence-corrected chi connectivity index (χ0v) is 45.7. The number of aryl methyl sites for hydroxylation is 1. The number of rotatable bonds is 34. The number of amides is 6. The summed E-state index contributed by atoms with van der Waals surface area (Å²) in [5, 5.41) is 22.3. The van der Waals surface area contributed by atoms with Crippen LogP contribution in [0.3, 0.4) is 0 Å². The molecule has 3 aromatic carbocycles. The predicted molar refractivity (Wildman–Crippen MR) is 289 cm³/mol. The van der Waals surface area contributed by atoms with Crippen LogP contribution in [0.25, 0.3) is 10.8 Å². The van der Waals surface area contributed by atoms with Gasteiger partial charge in [0.2, 0.25) is 17.7 Å². The minimum Gasteiger partial charge on any atom is -0.445 e. The molecule has 28 heteroatoms. The fourth-order valence-electron chi connectivity index (χ4n) is 8.86. The molecule has 0 unspecified atom stereocenters. The second kappa shape index (κ2) is 31.9. The molecule has 0 saturated carbocycles. The number of anilines is 2. The van der Waals surface area contributed by atoms with Gasteiger partial charge in [-0.1, -0.05) is 38.1 Å². The second-order valence-corrected chi connectivity index (χ2v) is 19.0. The Morgan fingerprint density at radius 1 is 0.840 bits per heavy atom. The Balaban J connectivity index is 1.08. The van der Waals surface area contributed by atoms with Crippen LogP contribution in [0.1, 0.15) is 67.7 Å². The second-order valence-electron chi connectivity index (χ2n) is 19.0. The highest BCUT2D eigenvalue weighted by molar-refractivity contribution is 5.99. The maximum Gasteiger partial charge on any atom is 0.411 e. The van der Waals surface area contributed by atoms with Gasteiger partial charge in [-0.05, 0) is 66.3 Å². The number of H-pyrrole nitrogens is 1. The number of nitrogens with zero attached hydrogens (tertiary/aromatic N) is 6. The van der Waals surface area contributed by atoms with Crippen LogP contribution in [0.5, 0.6) is 0 Å². The first-order valence-corrected chi connectivity index (χ1v) is 26.2. The molecule has 440 valence electrons. The lowest BCUT2D eigenvalue weighted by Crippen LogP contribution is -2.54. The number of aromatic amines is 1. The quantitative estimate of drug-likeness (QED) is 0.0230. The number of benzene rings is 3. The van der Waals surface area contributed by atoms with Crippen LogP contribution in [0.4, 0.5) is 29.7 Å². The lowest BCUT2D eigenvalue weighted by atomic mass is 9.82. The zero-order chi connectivity index (χ0) is 58.3. The number of carbonyl (C=O) groups excluding carboxylic acids is 5. The number of urea groups is 1. The van der Waals surface area contributed by atoms with Crippen molar-refractivity contribution in [2.24, 2.45) is 24.6 Å². The van der Waals surface area contributed by atoms with Crippen molar-refractivity contribution in [3.8, 4) is 0 Å². The van der Waals surface area contributed by atoms with Gasteiger partial charge in [0.1, 0.15) is 42.5 Å². The number of methoxy groups -OCH3 is 1. The minimum absolute atomic E-state index is 0.00340. The number of ether oxygens (including phenoxy) is 6. The van der Waals surface area contributed by atoms with Gasteiger partial charge in [-0.15, -0.1) is 0 Å². The fraction of sp³-hybridized carbons (Fsp3) is 0.491. The average molecular weight is 1140 g/mol. The standard InChI is InChI=1S/C53H71F2N13O13/c1-33(2)45(63-42(69)15-18-76-20-21-77-22-23-78-24-25-79-26-27-81-57)51(72)62-40(6-5-16-58-52(56)73)50(71)61-38-13-7-34(8-14-38)30-80-53(74)67(17-19-75-4)32-68-41-29-37(55)28-39-43(41)46(64-65-49(39)70)44(48-59-31-60-66(48)3)47(68)35-9-11-36(54)12-10-35/h7-14,28-29,31,33,40,44-45,47H,5-6,15-27,30,32,57H2,1-4H3,(H,61,71)(H,62,72)(H,63,69)(H,65,70)(H3,56,58,73)/t40-,44-,45-,47+/m0/s1. The molecule has 0 radical (unpaired) electrons. The van der Waals surface area contributed by atoms with Gasteiger partial charge in [-0.25, -0.2) is 34.3 Å². The van der Waals surface area contributed by atoms with Crippen LogP contribution >= 0.6 is 0 Å². The smallest absolute Gasteiger partial charge is 0.411 e. The van der Waals surface area contributed by atoms with Crippen molar-refractivity contribution in [1.82, 2.24) is 45.8 Å². The lowest BCUT2D eigenvalue weighted by molar-refractivity contribution is -0.132. The van der Waals surface area contributed by atoms with Crippen LogP contribution in [0, 0.1) is 17.6 Å². The van der Waals surface area contributed by atoms with Crippen LogP contribution in [0.15, 0.2) is 71.8 Å². The van der Waals surface area contributed by atoms with E-state index >= 15 is 4.39 Å². The van der Waals surface area contributed by atoms with E-state index in [2.05, 4.69) is 46.4 Å². The first-order chi connectivity index (χ1) is 39.1. The number of hydrogen-bond donors (Lipinski definition) is 7.